The van der Waals surface area contributed by atoms with Gasteiger partial charge in [0.25, 0.3) is 0 Å². The molecule has 0 saturated heterocycles. The molecule has 1 aliphatic carbocycles. The van der Waals surface area contributed by atoms with Crippen molar-refractivity contribution in [3.05, 3.63) is 57.5 Å². The maximum Gasteiger partial charge on any atom is 0.137 e. The van der Waals surface area contributed by atoms with E-state index in [4.69, 9.17) is 16.3 Å². The highest BCUT2D eigenvalue weighted by atomic mass is 79.9. The first-order valence-corrected chi connectivity index (χ1v) is 8.18. The molecule has 1 fully saturated rings. The van der Waals surface area contributed by atoms with Crippen LogP contribution in [-0.4, -0.2) is 13.2 Å². The molecule has 21 heavy (non-hydrogen) atoms. The molecule has 0 unspecified atom stereocenters. The molecule has 2 aromatic carbocycles. The molecule has 3 rings (SSSR count). The summed E-state index contributed by atoms with van der Waals surface area (Å²) < 4.78 is 6.30. The lowest BCUT2D eigenvalue weighted by atomic mass is 9.76. The molecule has 0 amide bonds. The van der Waals surface area contributed by atoms with Crippen molar-refractivity contribution in [2.45, 2.75) is 24.8 Å². The number of anilines is 1. The second-order valence-electron chi connectivity index (χ2n) is 5.41. The summed E-state index contributed by atoms with van der Waals surface area (Å²) in [5.41, 5.74) is 2.48. The number of ether oxygens (including phenoxy) is 1. The molecular weight excluding hydrogens is 350 g/mol. The number of hydrogen-bond donors (Lipinski definition) is 1. The summed E-state index contributed by atoms with van der Waals surface area (Å²) in [6, 6.07) is 15.0. The molecule has 1 saturated carbocycles. The van der Waals surface area contributed by atoms with E-state index in [-0.39, 0.29) is 0 Å². The number of nitrogens with one attached hydrogen (secondary N) is 1. The van der Waals surface area contributed by atoms with Gasteiger partial charge in [-0.1, -0.05) is 39.7 Å². The van der Waals surface area contributed by atoms with Crippen LogP contribution in [0.5, 0.6) is 5.75 Å². The Morgan fingerprint density at radius 1 is 1.14 bits per heavy atom. The van der Waals surface area contributed by atoms with Gasteiger partial charge in [0.1, 0.15) is 5.75 Å². The summed E-state index contributed by atoms with van der Waals surface area (Å²) in [4.78, 5) is 0. The van der Waals surface area contributed by atoms with Crippen molar-refractivity contribution in [3.63, 3.8) is 0 Å². The van der Waals surface area contributed by atoms with Gasteiger partial charge in [-0.05, 0) is 54.7 Å². The van der Waals surface area contributed by atoms with E-state index in [0.29, 0.717) is 22.7 Å². The van der Waals surface area contributed by atoms with Crippen molar-refractivity contribution < 1.29 is 4.74 Å². The molecule has 0 spiro atoms. The Bertz CT molecular complexity index is 623. The van der Waals surface area contributed by atoms with Gasteiger partial charge in [-0.15, -0.1) is 0 Å². The summed E-state index contributed by atoms with van der Waals surface area (Å²) in [5, 5.41) is 4.18. The van der Waals surface area contributed by atoms with Crippen molar-refractivity contribution in [1.29, 1.82) is 0 Å². The topological polar surface area (TPSA) is 21.3 Å². The molecule has 1 aliphatic rings. The third-order valence-electron chi connectivity index (χ3n) is 4.00. The second kappa shape index (κ2) is 6.29. The van der Waals surface area contributed by atoms with Crippen LogP contribution in [0.4, 0.5) is 5.69 Å². The van der Waals surface area contributed by atoms with Crippen LogP contribution >= 0.6 is 27.5 Å². The van der Waals surface area contributed by atoms with Crippen LogP contribution in [0.25, 0.3) is 0 Å². The van der Waals surface area contributed by atoms with Gasteiger partial charge in [-0.25, -0.2) is 0 Å². The molecule has 0 bridgehead atoms. The summed E-state index contributed by atoms with van der Waals surface area (Å²) in [6.07, 6.45) is 2.32. The van der Waals surface area contributed by atoms with E-state index in [0.717, 1.165) is 23.0 Å². The van der Waals surface area contributed by atoms with Gasteiger partial charge in [0, 0.05) is 16.2 Å². The molecule has 2 aromatic rings. The lowest BCUT2D eigenvalue weighted by Gasteiger charge is -2.37. The number of rotatable bonds is 4. The van der Waals surface area contributed by atoms with Gasteiger partial charge >= 0.3 is 0 Å². The third-order valence-corrected chi connectivity index (χ3v) is 4.83. The molecule has 110 valence electrons. The lowest BCUT2D eigenvalue weighted by molar-refractivity contribution is 0.374. The maximum atomic E-state index is 6.14. The molecule has 0 aromatic heterocycles. The first-order chi connectivity index (χ1) is 10.2. The molecule has 0 aliphatic heterocycles. The average molecular weight is 367 g/mol. The summed E-state index contributed by atoms with van der Waals surface area (Å²) in [5.74, 6) is 1.37. The highest BCUT2D eigenvalue weighted by Crippen LogP contribution is 2.39. The first kappa shape index (κ1) is 14.7. The minimum Gasteiger partial charge on any atom is -0.495 e. The van der Waals surface area contributed by atoms with Crippen LogP contribution in [0.15, 0.2) is 46.9 Å². The molecule has 0 radical (unpaired) electrons. The fourth-order valence-corrected chi connectivity index (χ4v) is 3.26. The highest BCUT2D eigenvalue weighted by molar-refractivity contribution is 9.10. The smallest absolute Gasteiger partial charge is 0.137 e. The molecule has 0 heterocycles. The van der Waals surface area contributed by atoms with Crippen molar-refractivity contribution in [1.82, 2.24) is 0 Å². The Hall–Kier alpha value is -1.19. The predicted molar refractivity (Wildman–Crippen MR) is 91.5 cm³/mol. The Morgan fingerprint density at radius 3 is 2.48 bits per heavy atom. The van der Waals surface area contributed by atoms with Gasteiger partial charge < -0.3 is 10.1 Å². The minimum atomic E-state index is 0.517. The largest absolute Gasteiger partial charge is 0.495 e. The third kappa shape index (κ3) is 3.35. The molecule has 2 nitrogen and oxygen atoms in total. The molecular formula is C17H17BrClNO. The van der Waals surface area contributed by atoms with E-state index >= 15 is 0 Å². The summed E-state index contributed by atoms with van der Waals surface area (Å²) >= 11 is 9.62. The lowest BCUT2D eigenvalue weighted by Crippen LogP contribution is -2.33. The van der Waals surface area contributed by atoms with Gasteiger partial charge in [0.05, 0.1) is 12.1 Å². The van der Waals surface area contributed by atoms with Crippen molar-refractivity contribution in [2.75, 3.05) is 12.4 Å². The Morgan fingerprint density at radius 2 is 1.86 bits per heavy atom. The zero-order valence-corrected chi connectivity index (χ0v) is 14.1. The number of halogens is 2. The Balaban J connectivity index is 1.57. The fraction of sp³-hybridized carbons (Fsp3) is 0.294. The SMILES string of the molecule is COc1ccc(NC2CC(c3ccc(Br)cc3)C2)cc1Cl. The van der Waals surface area contributed by atoms with Gasteiger partial charge in [0.15, 0.2) is 0 Å². The summed E-state index contributed by atoms with van der Waals surface area (Å²) in [7, 11) is 1.63. The first-order valence-electron chi connectivity index (χ1n) is 7.01. The zero-order valence-electron chi connectivity index (χ0n) is 11.8. The van der Waals surface area contributed by atoms with E-state index < -0.39 is 0 Å². The van der Waals surface area contributed by atoms with Gasteiger partial charge in [-0.2, -0.15) is 0 Å². The van der Waals surface area contributed by atoms with E-state index in [9.17, 15) is 0 Å². The van der Waals surface area contributed by atoms with Crippen molar-refractivity contribution in [3.8, 4) is 5.75 Å². The van der Waals surface area contributed by atoms with E-state index in [2.05, 4.69) is 45.5 Å². The monoisotopic (exact) mass is 365 g/mol. The van der Waals surface area contributed by atoms with Crippen LogP contribution in [0.2, 0.25) is 5.02 Å². The normalized spacial score (nSPS) is 20.7. The van der Waals surface area contributed by atoms with Crippen LogP contribution in [0.3, 0.4) is 0 Å². The van der Waals surface area contributed by atoms with Crippen LogP contribution < -0.4 is 10.1 Å². The van der Waals surface area contributed by atoms with Crippen molar-refractivity contribution >= 4 is 33.2 Å². The predicted octanol–water partition coefficient (Wildman–Crippen LogP) is 5.47. The van der Waals surface area contributed by atoms with Crippen LogP contribution in [-0.2, 0) is 0 Å². The minimum absolute atomic E-state index is 0.517. The van der Waals surface area contributed by atoms with Crippen molar-refractivity contribution in [2.24, 2.45) is 0 Å². The number of hydrogen-bond acceptors (Lipinski definition) is 2. The van der Waals surface area contributed by atoms with Gasteiger partial charge in [0.2, 0.25) is 0 Å². The Labute approximate surface area is 138 Å². The summed E-state index contributed by atoms with van der Waals surface area (Å²) in [6.45, 7) is 0. The quantitative estimate of drug-likeness (QED) is 0.774. The number of benzene rings is 2. The fourth-order valence-electron chi connectivity index (χ4n) is 2.73. The maximum absolute atomic E-state index is 6.14. The molecule has 1 N–H and O–H groups in total. The second-order valence-corrected chi connectivity index (χ2v) is 6.73. The Kier molecular flexibility index (Phi) is 4.41. The highest BCUT2D eigenvalue weighted by Gasteiger charge is 2.30. The van der Waals surface area contributed by atoms with Gasteiger partial charge in [-0.3, -0.25) is 0 Å². The molecule has 0 atom stereocenters. The van der Waals surface area contributed by atoms with E-state index in [1.807, 2.05) is 18.2 Å². The average Bonchev–Trinajstić information content (AvgIpc) is 2.44. The zero-order chi connectivity index (χ0) is 14.8. The van der Waals surface area contributed by atoms with Crippen LogP contribution in [0, 0.1) is 0 Å². The van der Waals surface area contributed by atoms with E-state index in [1.165, 1.54) is 5.56 Å². The number of methoxy groups -OCH3 is 1. The molecule has 4 heteroatoms. The van der Waals surface area contributed by atoms with Crippen LogP contribution in [0.1, 0.15) is 24.3 Å². The van der Waals surface area contributed by atoms with E-state index in [1.54, 1.807) is 7.11 Å². The standard InChI is InChI=1S/C17H17BrClNO/c1-21-17-7-6-14(10-16(17)19)20-15-8-12(9-15)11-2-4-13(18)5-3-11/h2-7,10,12,15,20H,8-9H2,1H3.